The van der Waals surface area contributed by atoms with Gasteiger partial charge in [-0.3, -0.25) is 0 Å². The van der Waals surface area contributed by atoms with E-state index in [-0.39, 0.29) is 24.6 Å². The minimum atomic E-state index is -0.537. The number of benzene rings is 1. The lowest BCUT2D eigenvalue weighted by Gasteiger charge is -2.51. The molecule has 0 spiro atoms. The maximum atomic E-state index is 12.3. The van der Waals surface area contributed by atoms with Gasteiger partial charge in [0.25, 0.3) is 0 Å². The molecule has 1 aliphatic heterocycles. The molecule has 2 amide bonds. The molecule has 1 aromatic carbocycles. The van der Waals surface area contributed by atoms with Gasteiger partial charge in [0, 0.05) is 12.5 Å². The molecule has 3 atom stereocenters. The van der Waals surface area contributed by atoms with Gasteiger partial charge in [-0.2, -0.15) is 5.26 Å². The summed E-state index contributed by atoms with van der Waals surface area (Å²) in [6.07, 6.45) is 6.59. The van der Waals surface area contributed by atoms with Crippen LogP contribution in [0.25, 0.3) is 5.57 Å². The molecule has 132 valence electrons. The summed E-state index contributed by atoms with van der Waals surface area (Å²) in [7, 11) is 0. The Hall–Kier alpha value is -2.32. The van der Waals surface area contributed by atoms with Crippen LogP contribution in [-0.2, 0) is 0 Å². The van der Waals surface area contributed by atoms with Crippen molar-refractivity contribution in [3.05, 3.63) is 41.5 Å². The van der Waals surface area contributed by atoms with Crippen molar-refractivity contribution in [2.75, 3.05) is 13.2 Å². The van der Waals surface area contributed by atoms with Crippen molar-refractivity contribution in [3.63, 3.8) is 0 Å². The maximum absolute atomic E-state index is 12.3. The Kier molecular flexibility index (Phi) is 5.40. The summed E-state index contributed by atoms with van der Waals surface area (Å²) in [4.78, 5) is 13.8. The summed E-state index contributed by atoms with van der Waals surface area (Å²) in [5, 5.41) is 22.1. The topological polar surface area (TPSA) is 76.4 Å². The van der Waals surface area contributed by atoms with Crippen LogP contribution >= 0.6 is 0 Å². The van der Waals surface area contributed by atoms with Gasteiger partial charge >= 0.3 is 6.03 Å². The zero-order valence-corrected chi connectivity index (χ0v) is 14.6. The summed E-state index contributed by atoms with van der Waals surface area (Å²) >= 11 is 0. The maximum Gasteiger partial charge on any atom is 0.318 e. The SMILES string of the molecule is CCCNC(=O)N1[C@H](CO)[C@H](c2ccc(C3=CCCC3)cc2)[C@@H]1C#N. The minimum Gasteiger partial charge on any atom is -0.394 e. The Bertz CT molecular complexity index is 690. The number of nitriles is 1. The standard InChI is InChI=1S/C20H25N3O2/c1-2-11-22-20(25)23-17(12-21)19(18(23)13-24)16-9-7-15(8-10-16)14-5-3-4-6-14/h5,7-10,17-19,24H,2-4,6,11,13H2,1H3,(H,22,25)/t17-,18+,19+/m0/s1. The molecule has 0 bridgehead atoms. The number of urea groups is 1. The first-order valence-electron chi connectivity index (χ1n) is 9.07. The van der Waals surface area contributed by atoms with Crippen LogP contribution in [-0.4, -0.2) is 41.3 Å². The van der Waals surface area contributed by atoms with Crippen molar-refractivity contribution in [1.29, 1.82) is 5.26 Å². The molecule has 0 saturated carbocycles. The van der Waals surface area contributed by atoms with E-state index in [2.05, 4.69) is 29.6 Å². The third kappa shape index (κ3) is 3.27. The molecular formula is C20H25N3O2. The molecule has 5 nitrogen and oxygen atoms in total. The average molecular weight is 339 g/mol. The molecule has 0 radical (unpaired) electrons. The number of carbonyl (C=O) groups is 1. The van der Waals surface area contributed by atoms with Gasteiger partial charge in [0.2, 0.25) is 0 Å². The molecule has 5 heteroatoms. The smallest absolute Gasteiger partial charge is 0.318 e. The summed E-state index contributed by atoms with van der Waals surface area (Å²) in [6, 6.07) is 9.34. The van der Waals surface area contributed by atoms with E-state index in [4.69, 9.17) is 0 Å². The molecule has 0 unspecified atom stereocenters. The van der Waals surface area contributed by atoms with Crippen LogP contribution in [0.1, 0.15) is 49.7 Å². The molecule has 2 aliphatic rings. The van der Waals surface area contributed by atoms with Gasteiger partial charge in [0.1, 0.15) is 6.04 Å². The Morgan fingerprint density at radius 3 is 2.72 bits per heavy atom. The molecule has 3 rings (SSSR count). The molecule has 2 N–H and O–H groups in total. The van der Waals surface area contributed by atoms with Gasteiger partial charge in [-0.05, 0) is 42.4 Å². The number of hydrogen-bond acceptors (Lipinski definition) is 3. The third-order valence-corrected chi connectivity index (χ3v) is 5.20. The number of hydrogen-bond donors (Lipinski definition) is 2. The zero-order valence-electron chi connectivity index (χ0n) is 14.6. The highest BCUT2D eigenvalue weighted by Gasteiger charge is 2.51. The van der Waals surface area contributed by atoms with Crippen LogP contribution in [0, 0.1) is 11.3 Å². The lowest BCUT2D eigenvalue weighted by Crippen LogP contribution is -2.67. The lowest BCUT2D eigenvalue weighted by molar-refractivity contribution is 0.0169. The molecule has 1 aromatic rings. The van der Waals surface area contributed by atoms with Crippen molar-refractivity contribution in [3.8, 4) is 6.07 Å². The van der Waals surface area contributed by atoms with Crippen molar-refractivity contribution in [1.82, 2.24) is 10.2 Å². The summed E-state index contributed by atoms with van der Waals surface area (Å²) in [5.41, 5.74) is 3.62. The fourth-order valence-electron chi connectivity index (χ4n) is 3.86. The summed E-state index contributed by atoms with van der Waals surface area (Å²) in [6.45, 7) is 2.40. The van der Waals surface area contributed by atoms with Gasteiger partial charge in [-0.25, -0.2) is 4.79 Å². The van der Waals surface area contributed by atoms with Crippen LogP contribution in [0.5, 0.6) is 0 Å². The number of allylic oxidation sites excluding steroid dienone is 2. The zero-order chi connectivity index (χ0) is 17.8. The fraction of sp³-hybridized carbons (Fsp3) is 0.500. The van der Waals surface area contributed by atoms with Crippen LogP contribution in [0.15, 0.2) is 30.3 Å². The molecule has 0 aromatic heterocycles. The second-order valence-corrected chi connectivity index (χ2v) is 6.73. The van der Waals surface area contributed by atoms with E-state index in [1.807, 2.05) is 19.1 Å². The van der Waals surface area contributed by atoms with Gasteiger partial charge in [-0.1, -0.05) is 37.3 Å². The number of aliphatic hydroxyl groups excluding tert-OH is 1. The Balaban J connectivity index is 1.77. The highest BCUT2D eigenvalue weighted by Crippen LogP contribution is 2.41. The van der Waals surface area contributed by atoms with Crippen LogP contribution in [0.2, 0.25) is 0 Å². The molecule has 1 heterocycles. The molecule has 1 saturated heterocycles. The fourth-order valence-corrected chi connectivity index (χ4v) is 3.86. The van der Waals surface area contributed by atoms with E-state index < -0.39 is 6.04 Å². The van der Waals surface area contributed by atoms with Gasteiger partial charge in [0.15, 0.2) is 0 Å². The minimum absolute atomic E-state index is 0.144. The molecule has 1 aliphatic carbocycles. The monoisotopic (exact) mass is 339 g/mol. The Morgan fingerprint density at radius 2 is 2.16 bits per heavy atom. The number of nitrogens with one attached hydrogen (secondary N) is 1. The van der Waals surface area contributed by atoms with E-state index in [1.165, 1.54) is 22.5 Å². The second kappa shape index (κ2) is 7.71. The predicted octanol–water partition coefficient (Wildman–Crippen LogP) is 3.03. The van der Waals surface area contributed by atoms with E-state index in [0.717, 1.165) is 24.8 Å². The number of nitrogens with zero attached hydrogens (tertiary/aromatic N) is 2. The average Bonchev–Trinajstić information content (AvgIpc) is 3.15. The number of aliphatic hydroxyl groups is 1. The van der Waals surface area contributed by atoms with E-state index in [1.54, 1.807) is 0 Å². The summed E-state index contributed by atoms with van der Waals surface area (Å²) in [5.74, 6) is -0.144. The first-order valence-corrected chi connectivity index (χ1v) is 9.07. The van der Waals surface area contributed by atoms with Crippen molar-refractivity contribution < 1.29 is 9.90 Å². The quantitative estimate of drug-likeness (QED) is 0.866. The number of likely N-dealkylation sites (tertiary alicyclic amines) is 1. The Labute approximate surface area is 148 Å². The second-order valence-electron chi connectivity index (χ2n) is 6.73. The first-order chi connectivity index (χ1) is 12.2. The normalized spacial score (nSPS) is 25.1. The number of rotatable bonds is 5. The highest BCUT2D eigenvalue weighted by molar-refractivity contribution is 5.77. The summed E-state index contributed by atoms with van der Waals surface area (Å²) < 4.78 is 0. The highest BCUT2D eigenvalue weighted by atomic mass is 16.3. The third-order valence-electron chi connectivity index (χ3n) is 5.20. The predicted molar refractivity (Wildman–Crippen MR) is 96.8 cm³/mol. The van der Waals surface area contributed by atoms with Crippen LogP contribution in [0.3, 0.4) is 0 Å². The van der Waals surface area contributed by atoms with E-state index in [0.29, 0.717) is 6.54 Å². The molecular weight excluding hydrogens is 314 g/mol. The van der Waals surface area contributed by atoms with Crippen molar-refractivity contribution in [2.24, 2.45) is 0 Å². The van der Waals surface area contributed by atoms with Crippen LogP contribution in [0.4, 0.5) is 4.79 Å². The molecule has 25 heavy (non-hydrogen) atoms. The van der Waals surface area contributed by atoms with Crippen molar-refractivity contribution >= 4 is 11.6 Å². The van der Waals surface area contributed by atoms with Crippen LogP contribution < -0.4 is 5.32 Å². The first kappa shape index (κ1) is 17.5. The Morgan fingerprint density at radius 1 is 1.40 bits per heavy atom. The largest absolute Gasteiger partial charge is 0.394 e. The molecule has 1 fully saturated rings. The van der Waals surface area contributed by atoms with Gasteiger partial charge in [-0.15, -0.1) is 0 Å². The van der Waals surface area contributed by atoms with Gasteiger partial charge < -0.3 is 15.3 Å². The van der Waals surface area contributed by atoms with E-state index in [9.17, 15) is 15.2 Å². The van der Waals surface area contributed by atoms with Crippen molar-refractivity contribution in [2.45, 2.75) is 50.6 Å². The van der Waals surface area contributed by atoms with Gasteiger partial charge in [0.05, 0.1) is 18.7 Å². The van der Waals surface area contributed by atoms with E-state index >= 15 is 0 Å². The number of carbonyl (C=O) groups excluding carboxylic acids is 1. The number of amides is 2. The lowest BCUT2D eigenvalue weighted by atomic mass is 9.75.